The zero-order valence-corrected chi connectivity index (χ0v) is 31.7. The van der Waals surface area contributed by atoms with Gasteiger partial charge in [0.05, 0.1) is 17.9 Å². The fraction of sp³-hybridized carbons (Fsp3) is 0.875. The SMILES string of the molecule is CCCCCCCC/C=C\CCCCCCCCCCCC(=O)NC(CS(=O)(=O)O)C(O)/C=C/CCCCCCCCCCCCC. The maximum absolute atomic E-state index is 12.5. The third-order valence-corrected chi connectivity index (χ3v) is 9.90. The lowest BCUT2D eigenvalue weighted by Crippen LogP contribution is -2.46. The number of hydrogen-bond acceptors (Lipinski definition) is 4. The summed E-state index contributed by atoms with van der Waals surface area (Å²) in [6, 6.07) is -1.05. The van der Waals surface area contributed by atoms with Crippen LogP contribution in [-0.4, -0.2) is 41.9 Å². The number of nitrogens with one attached hydrogen (secondary N) is 1. The molecule has 0 aromatic carbocycles. The second-order valence-electron chi connectivity index (χ2n) is 13.9. The molecule has 0 rings (SSSR count). The fourth-order valence-corrected chi connectivity index (χ4v) is 6.83. The third-order valence-electron chi connectivity index (χ3n) is 9.12. The van der Waals surface area contributed by atoms with Gasteiger partial charge in [-0.15, -0.1) is 0 Å². The van der Waals surface area contributed by atoms with Crippen molar-refractivity contribution >= 4 is 16.0 Å². The van der Waals surface area contributed by atoms with Gasteiger partial charge in [-0.3, -0.25) is 9.35 Å². The van der Waals surface area contributed by atoms with E-state index in [-0.39, 0.29) is 5.91 Å². The molecule has 3 N–H and O–H groups in total. The molecule has 0 spiro atoms. The van der Waals surface area contributed by atoms with Gasteiger partial charge in [0.2, 0.25) is 5.91 Å². The summed E-state index contributed by atoms with van der Waals surface area (Å²) in [6.45, 7) is 4.51. The standard InChI is InChI=1S/C40H77NO5S/c1-3-5-7-9-11-13-15-17-18-19-20-21-22-24-26-28-30-32-34-36-40(43)41-38(37-47(44,45)46)39(42)35-33-31-29-27-25-23-16-14-12-10-8-6-4-2/h17-18,33,35,38-39,42H,3-16,19-32,34,36-37H2,1-2H3,(H,41,43)(H,44,45,46)/b18-17-,35-33+. The molecule has 0 aromatic rings. The van der Waals surface area contributed by atoms with Crippen LogP contribution in [0.5, 0.6) is 0 Å². The first-order valence-corrected chi connectivity index (χ1v) is 21.6. The normalized spacial score (nSPS) is 13.5. The number of aliphatic hydroxyl groups is 1. The van der Waals surface area contributed by atoms with Crippen LogP contribution >= 0.6 is 0 Å². The molecular formula is C40H77NO5S. The predicted octanol–water partition coefficient (Wildman–Crippen LogP) is 11.6. The summed E-state index contributed by atoms with van der Waals surface area (Å²) in [4.78, 5) is 12.5. The van der Waals surface area contributed by atoms with E-state index in [1.165, 1.54) is 148 Å². The Bertz CT molecular complexity index is 842. The average Bonchev–Trinajstić information content (AvgIpc) is 3.03. The van der Waals surface area contributed by atoms with Crippen molar-refractivity contribution in [2.75, 3.05) is 5.75 Å². The quantitative estimate of drug-likeness (QED) is 0.0346. The van der Waals surface area contributed by atoms with Gasteiger partial charge in [-0.1, -0.05) is 179 Å². The van der Waals surface area contributed by atoms with Crippen molar-refractivity contribution in [2.24, 2.45) is 0 Å². The third kappa shape index (κ3) is 35.9. The first-order chi connectivity index (χ1) is 22.8. The fourth-order valence-electron chi connectivity index (χ4n) is 6.09. The molecule has 278 valence electrons. The first-order valence-electron chi connectivity index (χ1n) is 20.0. The van der Waals surface area contributed by atoms with Crippen LogP contribution in [0.1, 0.15) is 206 Å². The van der Waals surface area contributed by atoms with E-state index in [2.05, 4.69) is 31.3 Å². The molecule has 0 aromatic heterocycles. The number of carbonyl (C=O) groups excluding carboxylic acids is 1. The molecular weight excluding hydrogens is 607 g/mol. The summed E-state index contributed by atoms with van der Waals surface area (Å²) in [6.07, 6.45) is 43.0. The molecule has 0 aliphatic carbocycles. The van der Waals surface area contributed by atoms with Crippen LogP contribution in [0.15, 0.2) is 24.3 Å². The van der Waals surface area contributed by atoms with Crippen LogP contribution in [0.4, 0.5) is 0 Å². The van der Waals surface area contributed by atoms with Gasteiger partial charge in [-0.05, 0) is 44.9 Å². The Balaban J connectivity index is 3.90. The monoisotopic (exact) mass is 684 g/mol. The van der Waals surface area contributed by atoms with E-state index in [4.69, 9.17) is 0 Å². The van der Waals surface area contributed by atoms with E-state index >= 15 is 0 Å². The van der Waals surface area contributed by atoms with Gasteiger partial charge in [0, 0.05) is 6.42 Å². The Morgan fingerprint density at radius 3 is 1.28 bits per heavy atom. The van der Waals surface area contributed by atoms with Gasteiger partial charge in [-0.25, -0.2) is 0 Å². The van der Waals surface area contributed by atoms with Crippen molar-refractivity contribution in [2.45, 2.75) is 219 Å². The molecule has 0 fully saturated rings. The molecule has 0 saturated heterocycles. The molecule has 0 heterocycles. The lowest BCUT2D eigenvalue weighted by molar-refractivity contribution is -0.122. The zero-order chi connectivity index (χ0) is 34.7. The minimum atomic E-state index is -4.34. The van der Waals surface area contributed by atoms with Crippen molar-refractivity contribution in [1.29, 1.82) is 0 Å². The Labute approximate surface area is 292 Å². The second-order valence-corrected chi connectivity index (χ2v) is 15.4. The summed E-state index contributed by atoms with van der Waals surface area (Å²) in [5, 5.41) is 13.2. The first kappa shape index (κ1) is 45.8. The van der Waals surface area contributed by atoms with E-state index in [1.807, 2.05) is 6.08 Å². The lowest BCUT2D eigenvalue weighted by atomic mass is 10.0. The summed E-state index contributed by atoms with van der Waals surface area (Å²) < 4.78 is 32.4. The number of aliphatic hydroxyl groups excluding tert-OH is 1. The van der Waals surface area contributed by atoms with Crippen LogP contribution in [0.25, 0.3) is 0 Å². The summed E-state index contributed by atoms with van der Waals surface area (Å²) in [7, 11) is -4.34. The highest BCUT2D eigenvalue weighted by molar-refractivity contribution is 7.85. The molecule has 1 amide bonds. The van der Waals surface area contributed by atoms with Crippen molar-refractivity contribution < 1.29 is 22.9 Å². The van der Waals surface area contributed by atoms with Gasteiger partial charge in [0.15, 0.2) is 0 Å². The number of allylic oxidation sites excluding steroid dienone is 3. The van der Waals surface area contributed by atoms with Crippen molar-refractivity contribution in [3.05, 3.63) is 24.3 Å². The van der Waals surface area contributed by atoms with E-state index in [0.717, 1.165) is 38.5 Å². The molecule has 7 heteroatoms. The molecule has 0 aliphatic heterocycles. The lowest BCUT2D eigenvalue weighted by Gasteiger charge is -2.21. The van der Waals surface area contributed by atoms with Crippen molar-refractivity contribution in [3.63, 3.8) is 0 Å². The van der Waals surface area contributed by atoms with Crippen LogP contribution in [0, 0.1) is 0 Å². The maximum Gasteiger partial charge on any atom is 0.267 e. The second kappa shape index (κ2) is 34.7. The number of rotatable bonds is 36. The van der Waals surface area contributed by atoms with Crippen LogP contribution in [-0.2, 0) is 14.9 Å². The van der Waals surface area contributed by atoms with E-state index in [9.17, 15) is 22.9 Å². The molecule has 6 nitrogen and oxygen atoms in total. The topological polar surface area (TPSA) is 104 Å². The molecule has 2 atom stereocenters. The van der Waals surface area contributed by atoms with Gasteiger partial charge in [0.25, 0.3) is 10.1 Å². The largest absolute Gasteiger partial charge is 0.387 e. The molecule has 0 radical (unpaired) electrons. The smallest absolute Gasteiger partial charge is 0.267 e. The average molecular weight is 684 g/mol. The molecule has 0 bridgehead atoms. The van der Waals surface area contributed by atoms with Crippen molar-refractivity contribution in [3.8, 4) is 0 Å². The number of hydrogen-bond donors (Lipinski definition) is 3. The highest BCUT2D eigenvalue weighted by Gasteiger charge is 2.24. The Morgan fingerprint density at radius 1 is 0.553 bits per heavy atom. The van der Waals surface area contributed by atoms with Crippen molar-refractivity contribution in [1.82, 2.24) is 5.32 Å². The maximum atomic E-state index is 12.5. The van der Waals surface area contributed by atoms with Gasteiger partial charge in [-0.2, -0.15) is 8.42 Å². The predicted molar refractivity (Wildman–Crippen MR) is 202 cm³/mol. The zero-order valence-electron chi connectivity index (χ0n) is 30.9. The number of carbonyl (C=O) groups is 1. The number of amides is 1. The van der Waals surface area contributed by atoms with Crippen LogP contribution < -0.4 is 5.32 Å². The van der Waals surface area contributed by atoms with E-state index < -0.39 is 28.0 Å². The highest BCUT2D eigenvalue weighted by atomic mass is 32.2. The number of unbranched alkanes of at least 4 members (excludes halogenated alkanes) is 26. The Hall–Kier alpha value is -1.18. The molecule has 0 saturated carbocycles. The minimum Gasteiger partial charge on any atom is -0.387 e. The summed E-state index contributed by atoms with van der Waals surface area (Å²) >= 11 is 0. The Kier molecular flexibility index (Phi) is 33.8. The minimum absolute atomic E-state index is 0.280. The summed E-state index contributed by atoms with van der Waals surface area (Å²) in [5.74, 6) is -0.976. The molecule has 47 heavy (non-hydrogen) atoms. The molecule has 2 unspecified atom stereocenters. The van der Waals surface area contributed by atoms with Crippen LogP contribution in [0.3, 0.4) is 0 Å². The highest BCUT2D eigenvalue weighted by Crippen LogP contribution is 2.14. The van der Waals surface area contributed by atoms with E-state index in [1.54, 1.807) is 6.08 Å². The van der Waals surface area contributed by atoms with Gasteiger partial charge >= 0.3 is 0 Å². The summed E-state index contributed by atoms with van der Waals surface area (Å²) in [5.41, 5.74) is 0. The Morgan fingerprint density at radius 2 is 0.894 bits per heavy atom. The molecule has 0 aliphatic rings. The van der Waals surface area contributed by atoms with Crippen LogP contribution in [0.2, 0.25) is 0 Å². The van der Waals surface area contributed by atoms with E-state index in [0.29, 0.717) is 6.42 Å². The van der Waals surface area contributed by atoms with Gasteiger partial charge in [0.1, 0.15) is 0 Å². The van der Waals surface area contributed by atoms with Gasteiger partial charge < -0.3 is 10.4 Å².